The van der Waals surface area contributed by atoms with Crippen molar-refractivity contribution < 1.29 is 26.0 Å². The number of carbonyl (C=O) groups is 1. The molecule has 31 heavy (non-hydrogen) atoms. The van der Waals surface area contributed by atoms with Gasteiger partial charge in [-0.1, -0.05) is 11.8 Å². The lowest BCUT2D eigenvalue weighted by atomic mass is 10.1. The standard InChI is InChI=1S/C19H21N3O6S3/c1-12(18(23)13-5-7-14(8-6-13)21-30(4,24)25)29-19-20-16-11-15(9-10-17(16)28-19)31(26,27)22(2)3/h5-12,21H,1-4H3/t12-/m0/s1. The third kappa shape index (κ3) is 5.45. The number of hydrogen-bond donors (Lipinski definition) is 1. The van der Waals surface area contributed by atoms with Crippen molar-refractivity contribution >= 4 is 54.4 Å². The first-order valence-electron chi connectivity index (χ1n) is 8.99. The maximum Gasteiger partial charge on any atom is 0.257 e. The first kappa shape index (κ1) is 23.3. The molecule has 0 aliphatic carbocycles. The highest BCUT2D eigenvalue weighted by Crippen LogP contribution is 2.30. The van der Waals surface area contributed by atoms with E-state index in [1.54, 1.807) is 6.92 Å². The van der Waals surface area contributed by atoms with Crippen molar-refractivity contribution in [2.24, 2.45) is 0 Å². The molecule has 9 nitrogen and oxygen atoms in total. The summed E-state index contributed by atoms with van der Waals surface area (Å²) < 4.78 is 56.2. The second-order valence-electron chi connectivity index (χ2n) is 6.97. The second-order valence-corrected chi connectivity index (χ2v) is 12.2. The molecule has 0 saturated heterocycles. The first-order chi connectivity index (χ1) is 14.4. The smallest absolute Gasteiger partial charge is 0.257 e. The Hall–Kier alpha value is -2.41. The average molecular weight is 484 g/mol. The van der Waals surface area contributed by atoms with Gasteiger partial charge in [0.1, 0.15) is 5.52 Å². The topological polar surface area (TPSA) is 127 Å². The number of fused-ring (bicyclic) bond motifs is 1. The number of nitrogens with zero attached hydrogens (tertiary/aromatic N) is 2. The zero-order chi connectivity index (χ0) is 23.0. The molecule has 2 aromatic carbocycles. The van der Waals surface area contributed by atoms with Gasteiger partial charge >= 0.3 is 0 Å². The van der Waals surface area contributed by atoms with E-state index in [0.717, 1.165) is 22.3 Å². The number of anilines is 1. The summed E-state index contributed by atoms with van der Waals surface area (Å²) in [4.78, 5) is 17.1. The van der Waals surface area contributed by atoms with Gasteiger partial charge < -0.3 is 4.42 Å². The van der Waals surface area contributed by atoms with Crippen LogP contribution in [0.15, 0.2) is 57.0 Å². The van der Waals surface area contributed by atoms with Gasteiger partial charge in [-0.25, -0.2) is 26.1 Å². The summed E-state index contributed by atoms with van der Waals surface area (Å²) in [5.41, 5.74) is 1.56. The van der Waals surface area contributed by atoms with Crippen molar-refractivity contribution in [3.05, 3.63) is 48.0 Å². The van der Waals surface area contributed by atoms with Gasteiger partial charge in [0.25, 0.3) is 5.22 Å². The molecule has 1 atom stereocenters. The Bertz CT molecular complexity index is 1330. The molecule has 0 radical (unpaired) electrons. The van der Waals surface area contributed by atoms with E-state index in [0.29, 0.717) is 22.4 Å². The van der Waals surface area contributed by atoms with E-state index in [-0.39, 0.29) is 15.9 Å². The fourth-order valence-corrected chi connectivity index (χ4v) is 4.98. The quantitative estimate of drug-likeness (QED) is 0.383. The minimum Gasteiger partial charge on any atom is -0.431 e. The number of ketones is 1. The molecule has 12 heteroatoms. The lowest BCUT2D eigenvalue weighted by Gasteiger charge is -2.10. The summed E-state index contributed by atoms with van der Waals surface area (Å²) in [6.45, 7) is 1.70. The highest BCUT2D eigenvalue weighted by atomic mass is 32.2. The number of oxazole rings is 1. The zero-order valence-corrected chi connectivity index (χ0v) is 19.6. The Morgan fingerprint density at radius 3 is 2.32 bits per heavy atom. The normalized spacial score (nSPS) is 13.5. The molecule has 1 N–H and O–H groups in total. The van der Waals surface area contributed by atoms with Gasteiger partial charge in [0.2, 0.25) is 20.0 Å². The molecule has 0 aliphatic rings. The summed E-state index contributed by atoms with van der Waals surface area (Å²) in [7, 11) is -4.11. The minimum absolute atomic E-state index is 0.0989. The van der Waals surface area contributed by atoms with Crippen LogP contribution in [0.3, 0.4) is 0 Å². The van der Waals surface area contributed by atoms with Crippen LogP contribution in [0, 0.1) is 0 Å². The van der Waals surface area contributed by atoms with Crippen LogP contribution in [0.25, 0.3) is 11.1 Å². The van der Waals surface area contributed by atoms with E-state index in [1.165, 1.54) is 56.6 Å². The Labute approximate surface area is 184 Å². The fraction of sp³-hybridized carbons (Fsp3) is 0.263. The van der Waals surface area contributed by atoms with Crippen LogP contribution in [0.5, 0.6) is 0 Å². The highest BCUT2D eigenvalue weighted by Gasteiger charge is 2.22. The van der Waals surface area contributed by atoms with Crippen molar-refractivity contribution in [2.75, 3.05) is 25.1 Å². The third-order valence-corrected chi connectivity index (χ3v) is 7.60. The largest absolute Gasteiger partial charge is 0.431 e. The third-order valence-electron chi connectivity index (χ3n) is 4.24. The Morgan fingerprint density at radius 1 is 1.10 bits per heavy atom. The van der Waals surface area contributed by atoms with Crippen LogP contribution in [0.1, 0.15) is 17.3 Å². The van der Waals surface area contributed by atoms with Gasteiger partial charge in [0.05, 0.1) is 16.4 Å². The molecule has 1 heterocycles. The predicted molar refractivity (Wildman–Crippen MR) is 119 cm³/mol. The summed E-state index contributed by atoms with van der Waals surface area (Å²) in [6, 6.07) is 10.5. The molecule has 0 saturated carbocycles. The lowest BCUT2D eigenvalue weighted by Crippen LogP contribution is -2.22. The number of hydrogen-bond acceptors (Lipinski definition) is 8. The van der Waals surface area contributed by atoms with Gasteiger partial charge in [-0.15, -0.1) is 0 Å². The van der Waals surface area contributed by atoms with E-state index >= 15 is 0 Å². The molecular formula is C19H21N3O6S3. The average Bonchev–Trinajstić information content (AvgIpc) is 3.08. The monoisotopic (exact) mass is 483 g/mol. The Kier molecular flexibility index (Phi) is 6.46. The van der Waals surface area contributed by atoms with Gasteiger partial charge in [0.15, 0.2) is 11.4 Å². The Morgan fingerprint density at radius 2 is 1.74 bits per heavy atom. The van der Waals surface area contributed by atoms with Crippen LogP contribution in [0.2, 0.25) is 0 Å². The van der Waals surface area contributed by atoms with Gasteiger partial charge in [-0.2, -0.15) is 0 Å². The van der Waals surface area contributed by atoms with E-state index < -0.39 is 25.3 Å². The Balaban J connectivity index is 1.76. The number of Topliss-reactive ketones (excluding diaryl/α,β-unsaturated/α-hetero) is 1. The van der Waals surface area contributed by atoms with Crippen molar-refractivity contribution in [3.63, 3.8) is 0 Å². The number of benzene rings is 2. The number of sulfonamides is 2. The molecule has 0 bridgehead atoms. The van der Waals surface area contributed by atoms with Crippen molar-refractivity contribution in [2.45, 2.75) is 22.3 Å². The molecule has 3 aromatic rings. The lowest BCUT2D eigenvalue weighted by molar-refractivity contribution is 0.0993. The van der Waals surface area contributed by atoms with E-state index in [4.69, 9.17) is 4.42 Å². The zero-order valence-electron chi connectivity index (χ0n) is 17.2. The van der Waals surface area contributed by atoms with E-state index in [1.807, 2.05) is 0 Å². The maximum absolute atomic E-state index is 12.7. The number of carbonyl (C=O) groups excluding carboxylic acids is 1. The van der Waals surface area contributed by atoms with Crippen LogP contribution < -0.4 is 4.72 Å². The maximum atomic E-state index is 12.7. The van der Waals surface area contributed by atoms with E-state index in [9.17, 15) is 21.6 Å². The van der Waals surface area contributed by atoms with Crippen molar-refractivity contribution in [1.82, 2.24) is 9.29 Å². The number of nitrogens with one attached hydrogen (secondary N) is 1. The molecule has 0 unspecified atom stereocenters. The van der Waals surface area contributed by atoms with Gasteiger partial charge in [-0.05, 0) is 49.4 Å². The minimum atomic E-state index is -3.60. The molecule has 3 rings (SSSR count). The molecule has 0 amide bonds. The molecular weight excluding hydrogens is 462 g/mol. The summed E-state index contributed by atoms with van der Waals surface area (Å²) in [6.07, 6.45) is 1.05. The predicted octanol–water partition coefficient (Wildman–Crippen LogP) is 2.81. The molecule has 0 fully saturated rings. The van der Waals surface area contributed by atoms with Crippen LogP contribution in [-0.4, -0.2) is 57.5 Å². The number of thioether (sulfide) groups is 1. The van der Waals surface area contributed by atoms with Gasteiger partial charge in [-0.3, -0.25) is 9.52 Å². The molecule has 166 valence electrons. The molecule has 1 aromatic heterocycles. The van der Waals surface area contributed by atoms with Crippen molar-refractivity contribution in [1.29, 1.82) is 0 Å². The SMILES string of the molecule is C[C@H](Sc1nc2cc(S(=O)(=O)N(C)C)ccc2o1)C(=O)c1ccc(NS(C)(=O)=O)cc1. The van der Waals surface area contributed by atoms with Crippen molar-refractivity contribution in [3.8, 4) is 0 Å². The fourth-order valence-electron chi connectivity index (χ4n) is 2.66. The summed E-state index contributed by atoms with van der Waals surface area (Å²) in [5, 5.41) is -0.294. The van der Waals surface area contributed by atoms with Crippen LogP contribution in [0.4, 0.5) is 5.69 Å². The molecule has 0 aliphatic heterocycles. The first-order valence-corrected chi connectivity index (χ1v) is 13.2. The number of rotatable bonds is 8. The summed E-state index contributed by atoms with van der Waals surface area (Å²) >= 11 is 1.11. The highest BCUT2D eigenvalue weighted by molar-refractivity contribution is 8.00. The molecule has 0 spiro atoms. The second kappa shape index (κ2) is 8.61. The van der Waals surface area contributed by atoms with Crippen LogP contribution >= 0.6 is 11.8 Å². The summed E-state index contributed by atoms with van der Waals surface area (Å²) in [5.74, 6) is -0.186. The van der Waals surface area contributed by atoms with Crippen LogP contribution in [-0.2, 0) is 20.0 Å². The number of aromatic nitrogens is 1. The van der Waals surface area contributed by atoms with Gasteiger partial charge in [0, 0.05) is 25.3 Å². The van der Waals surface area contributed by atoms with E-state index in [2.05, 4.69) is 9.71 Å².